The van der Waals surface area contributed by atoms with E-state index in [-0.39, 0.29) is 18.1 Å². The Morgan fingerprint density at radius 2 is 1.63 bits per heavy atom. The highest BCUT2D eigenvalue weighted by molar-refractivity contribution is 5.98. The molecule has 1 fully saturated rings. The molecule has 1 saturated heterocycles. The number of carbonyl (C=O) groups is 2. The summed E-state index contributed by atoms with van der Waals surface area (Å²) in [6.07, 6.45) is 0.809. The second-order valence-corrected chi connectivity index (χ2v) is 11.6. The number of nitrogens with zero attached hydrogens (tertiary/aromatic N) is 1. The van der Waals surface area contributed by atoms with Crippen molar-refractivity contribution in [3.05, 3.63) is 131 Å². The molecule has 6 rings (SSSR count). The molecule has 0 aliphatic carbocycles. The lowest BCUT2D eigenvalue weighted by atomic mass is 9.84. The third-order valence-corrected chi connectivity index (χ3v) is 8.57. The van der Waals surface area contributed by atoms with Gasteiger partial charge in [0.15, 0.2) is 0 Å². The zero-order valence-electron chi connectivity index (χ0n) is 26.0. The van der Waals surface area contributed by atoms with Crippen molar-refractivity contribution in [2.75, 3.05) is 25.6 Å². The van der Waals surface area contributed by atoms with Crippen molar-refractivity contribution in [2.45, 2.75) is 43.9 Å². The van der Waals surface area contributed by atoms with Crippen LogP contribution in [0.5, 0.6) is 0 Å². The molecule has 9 heteroatoms. The fraction of sp³-hybridized carbons (Fsp3) is 0.270. The van der Waals surface area contributed by atoms with E-state index < -0.39 is 18.1 Å². The summed E-state index contributed by atoms with van der Waals surface area (Å²) in [7, 11) is 1.29. The molecule has 2 heterocycles. The maximum absolute atomic E-state index is 14.0. The van der Waals surface area contributed by atoms with Crippen LogP contribution < -0.4 is 16.0 Å². The number of nitrogens with one attached hydrogen (secondary N) is 4. The number of fused-ring (bicyclic) bond motifs is 1. The number of carbonyl (C=O) groups excluding carboxylic acids is 2. The topological polar surface area (TPSA) is 117 Å². The largest absolute Gasteiger partial charge is 0.453 e. The Kier molecular flexibility index (Phi) is 9.71. The molecule has 46 heavy (non-hydrogen) atoms. The predicted molar refractivity (Wildman–Crippen MR) is 179 cm³/mol. The number of H-pyrrole nitrogens is 1. The lowest BCUT2D eigenvalue weighted by Crippen LogP contribution is -2.48. The van der Waals surface area contributed by atoms with Gasteiger partial charge in [0, 0.05) is 18.2 Å². The number of ether oxygens (including phenoxy) is 2. The fourth-order valence-corrected chi connectivity index (χ4v) is 6.12. The number of imidazole rings is 1. The van der Waals surface area contributed by atoms with Crippen LogP contribution in [-0.2, 0) is 20.7 Å². The van der Waals surface area contributed by atoms with Crippen LogP contribution in [0.25, 0.3) is 11.0 Å². The average molecular weight is 618 g/mol. The Morgan fingerprint density at radius 3 is 2.28 bits per heavy atom. The Balaban J connectivity index is 1.14. The summed E-state index contributed by atoms with van der Waals surface area (Å²) in [5.41, 5.74) is 6.67. The number of morpholine rings is 1. The van der Waals surface area contributed by atoms with Crippen LogP contribution >= 0.6 is 0 Å². The predicted octanol–water partition coefficient (Wildman–Crippen LogP) is 6.03. The van der Waals surface area contributed by atoms with E-state index in [4.69, 9.17) is 14.5 Å². The van der Waals surface area contributed by atoms with Gasteiger partial charge in [0.1, 0.15) is 11.9 Å². The first-order valence-electron chi connectivity index (χ1n) is 15.6. The van der Waals surface area contributed by atoms with Crippen LogP contribution in [-0.4, -0.2) is 54.4 Å². The highest BCUT2D eigenvalue weighted by Crippen LogP contribution is 2.30. The molecule has 3 atom stereocenters. The van der Waals surface area contributed by atoms with Gasteiger partial charge in [-0.2, -0.15) is 0 Å². The number of methoxy groups -OCH3 is 1. The van der Waals surface area contributed by atoms with Crippen LogP contribution in [0.3, 0.4) is 0 Å². The highest BCUT2D eigenvalue weighted by Gasteiger charge is 2.33. The van der Waals surface area contributed by atoms with Gasteiger partial charge < -0.3 is 30.4 Å². The average Bonchev–Trinajstić information content (AvgIpc) is 3.54. The standard InChI is InChI=1S/C37H39N5O4/c1-24-12-11-19-30-33(24)41-35(39-30)31-23-46-28(22-38-31)21-20-25-13-9-10-18-29(25)40-36(43)34(42-37(44)45-2)32(26-14-5-3-6-15-26)27-16-7-4-8-17-27/h3-19,28,31-32,34,38H,20-23H2,1-2H3,(H,39,41)(H,40,43)(H,42,44)/t28-,31+,34?/m1/s1. The SMILES string of the molecule is COC(=O)NC(C(=O)Nc1ccccc1CC[C@@H]1CN[C@H](c2nc3cccc(C)c3[nH]2)CO1)C(c1ccccc1)c1ccccc1. The third-order valence-electron chi connectivity index (χ3n) is 8.57. The summed E-state index contributed by atoms with van der Waals surface area (Å²) in [5.74, 6) is 0.101. The number of hydrogen-bond donors (Lipinski definition) is 4. The molecule has 5 aromatic rings. The molecule has 1 aliphatic rings. The van der Waals surface area contributed by atoms with E-state index >= 15 is 0 Å². The van der Waals surface area contributed by atoms with E-state index in [1.807, 2.05) is 97.1 Å². The Morgan fingerprint density at radius 1 is 0.935 bits per heavy atom. The maximum Gasteiger partial charge on any atom is 0.407 e. The molecule has 1 unspecified atom stereocenters. The van der Waals surface area contributed by atoms with Gasteiger partial charge >= 0.3 is 6.09 Å². The molecule has 9 nitrogen and oxygen atoms in total. The summed E-state index contributed by atoms with van der Waals surface area (Å²) in [5, 5.41) is 9.51. The molecule has 0 saturated carbocycles. The molecule has 1 aliphatic heterocycles. The second kappa shape index (κ2) is 14.4. The van der Waals surface area contributed by atoms with Crippen LogP contribution in [0.4, 0.5) is 10.5 Å². The number of para-hydroxylation sites is 2. The molecule has 1 aromatic heterocycles. The maximum atomic E-state index is 14.0. The third kappa shape index (κ3) is 7.11. The van der Waals surface area contributed by atoms with Gasteiger partial charge in [-0.1, -0.05) is 91.0 Å². The van der Waals surface area contributed by atoms with E-state index in [1.54, 1.807) is 0 Å². The number of rotatable bonds is 10. The van der Waals surface area contributed by atoms with Crippen LogP contribution in [0.2, 0.25) is 0 Å². The number of hydrogen-bond acceptors (Lipinski definition) is 6. The molecular weight excluding hydrogens is 578 g/mol. The first-order valence-corrected chi connectivity index (χ1v) is 15.6. The first-order chi connectivity index (χ1) is 22.5. The number of amides is 2. The van der Waals surface area contributed by atoms with Crippen molar-refractivity contribution < 1.29 is 19.1 Å². The summed E-state index contributed by atoms with van der Waals surface area (Å²) in [4.78, 5) is 34.8. The van der Waals surface area contributed by atoms with Gasteiger partial charge in [-0.15, -0.1) is 0 Å². The minimum absolute atomic E-state index is 0.00366. The lowest BCUT2D eigenvalue weighted by molar-refractivity contribution is -0.118. The molecule has 2 amide bonds. The number of aromatic nitrogens is 2. The van der Waals surface area contributed by atoms with Gasteiger partial charge in [-0.3, -0.25) is 4.79 Å². The van der Waals surface area contributed by atoms with Crippen molar-refractivity contribution in [2.24, 2.45) is 0 Å². The van der Waals surface area contributed by atoms with E-state index in [1.165, 1.54) is 12.7 Å². The summed E-state index contributed by atoms with van der Waals surface area (Å²) in [6.45, 7) is 3.28. The van der Waals surface area contributed by atoms with Gasteiger partial charge in [-0.25, -0.2) is 9.78 Å². The highest BCUT2D eigenvalue weighted by atomic mass is 16.5. The van der Waals surface area contributed by atoms with Crippen molar-refractivity contribution in [1.82, 2.24) is 20.6 Å². The normalized spacial score (nSPS) is 17.0. The number of aromatic amines is 1. The summed E-state index contributed by atoms with van der Waals surface area (Å²) in [6, 6.07) is 32.3. The van der Waals surface area contributed by atoms with E-state index in [0.717, 1.165) is 40.0 Å². The zero-order valence-corrected chi connectivity index (χ0v) is 26.0. The van der Waals surface area contributed by atoms with Gasteiger partial charge in [-0.05, 0) is 54.2 Å². The Hall–Kier alpha value is -4.99. The fourth-order valence-electron chi connectivity index (χ4n) is 6.12. The van der Waals surface area contributed by atoms with Gasteiger partial charge in [0.2, 0.25) is 5.91 Å². The zero-order chi connectivity index (χ0) is 31.9. The quantitative estimate of drug-likeness (QED) is 0.152. The van der Waals surface area contributed by atoms with Crippen molar-refractivity contribution >= 4 is 28.7 Å². The van der Waals surface area contributed by atoms with Crippen molar-refractivity contribution in [3.8, 4) is 0 Å². The Bertz CT molecular complexity index is 1730. The van der Waals surface area contributed by atoms with Crippen molar-refractivity contribution in [3.63, 3.8) is 0 Å². The number of anilines is 1. The smallest absolute Gasteiger partial charge is 0.407 e. The summed E-state index contributed by atoms with van der Waals surface area (Å²) < 4.78 is 11.2. The van der Waals surface area contributed by atoms with E-state index in [2.05, 4.69) is 33.9 Å². The molecule has 0 spiro atoms. The van der Waals surface area contributed by atoms with Gasteiger partial charge in [0.05, 0.1) is 36.9 Å². The summed E-state index contributed by atoms with van der Waals surface area (Å²) >= 11 is 0. The number of alkyl carbamates (subject to hydrolysis) is 1. The van der Waals surface area contributed by atoms with Crippen LogP contribution in [0, 0.1) is 6.92 Å². The van der Waals surface area contributed by atoms with Crippen LogP contribution in [0.15, 0.2) is 103 Å². The molecule has 236 valence electrons. The molecule has 0 radical (unpaired) electrons. The van der Waals surface area contributed by atoms with Crippen molar-refractivity contribution in [1.29, 1.82) is 0 Å². The van der Waals surface area contributed by atoms with Gasteiger partial charge in [0.25, 0.3) is 0 Å². The van der Waals surface area contributed by atoms with Crippen LogP contribution in [0.1, 0.15) is 46.5 Å². The molecular formula is C37H39N5O4. The minimum atomic E-state index is -0.935. The lowest BCUT2D eigenvalue weighted by Gasteiger charge is -2.30. The molecule has 0 bridgehead atoms. The first kappa shape index (κ1) is 31.0. The molecule has 4 aromatic carbocycles. The number of aryl methyl sites for hydroxylation is 2. The monoisotopic (exact) mass is 617 g/mol. The van der Waals surface area contributed by atoms with E-state index in [9.17, 15) is 9.59 Å². The van der Waals surface area contributed by atoms with E-state index in [0.29, 0.717) is 25.3 Å². The molecule has 4 N–H and O–H groups in total. The second-order valence-electron chi connectivity index (χ2n) is 11.6. The Labute approximate surface area is 268 Å². The minimum Gasteiger partial charge on any atom is -0.453 e. The number of benzene rings is 4.